The van der Waals surface area contributed by atoms with Crippen LogP contribution in [0.5, 0.6) is 0 Å². The maximum absolute atomic E-state index is 13.3. The van der Waals surface area contributed by atoms with E-state index in [1.54, 1.807) is 11.8 Å². The van der Waals surface area contributed by atoms with Gasteiger partial charge in [0.05, 0.1) is 17.3 Å². The van der Waals surface area contributed by atoms with E-state index in [0.717, 1.165) is 0 Å². The summed E-state index contributed by atoms with van der Waals surface area (Å²) < 4.78 is 33.6. The number of rotatable bonds is 8. The summed E-state index contributed by atoms with van der Waals surface area (Å²) in [6.07, 6.45) is 1.17. The van der Waals surface area contributed by atoms with Gasteiger partial charge >= 0.3 is 6.09 Å². The summed E-state index contributed by atoms with van der Waals surface area (Å²) >= 11 is 0. The number of ether oxygens (including phenoxy) is 1. The monoisotopic (exact) mass is 497 g/mol. The second kappa shape index (κ2) is 11.1. The zero-order valence-corrected chi connectivity index (χ0v) is 19.9. The van der Waals surface area contributed by atoms with Gasteiger partial charge in [-0.15, -0.1) is 0 Å². The van der Waals surface area contributed by atoms with E-state index >= 15 is 0 Å². The molecule has 2 aliphatic heterocycles. The predicted molar refractivity (Wildman–Crippen MR) is 123 cm³/mol. The van der Waals surface area contributed by atoms with Crippen LogP contribution in [0.15, 0.2) is 24.3 Å². The first-order chi connectivity index (χ1) is 16.2. The molecule has 0 aliphatic carbocycles. The largest absolute Gasteiger partial charge is 0.450 e. The first kappa shape index (κ1) is 25.8. The van der Waals surface area contributed by atoms with Crippen molar-refractivity contribution in [2.75, 3.05) is 32.8 Å². The van der Waals surface area contributed by atoms with Crippen LogP contribution in [-0.2, 0) is 25.3 Å². The second-order valence-electron chi connectivity index (χ2n) is 8.51. The number of nitrogens with zero attached hydrogens (tertiary/aromatic N) is 2. The first-order valence-corrected chi connectivity index (χ1v) is 13.0. The van der Waals surface area contributed by atoms with Gasteiger partial charge in [-0.2, -0.15) is 4.72 Å². The standard InChI is InChI=1S/C21H31N5O7S/c1-2-33-20(28)25-13-7-17(8-14-25)23-19(27)21(9-11-22-12-10-21)24-34(31,32)15-16-5-3-4-6-18(16)26(29)30/h3-6,17,22,24H,2,7-15H2,1H3,(H,23,27). The van der Waals surface area contributed by atoms with E-state index in [2.05, 4.69) is 15.4 Å². The van der Waals surface area contributed by atoms with Gasteiger partial charge in [0, 0.05) is 30.8 Å². The van der Waals surface area contributed by atoms with Gasteiger partial charge in [-0.25, -0.2) is 13.2 Å². The number of nitro benzene ring substituents is 1. The Morgan fingerprint density at radius 1 is 1.24 bits per heavy atom. The van der Waals surface area contributed by atoms with Gasteiger partial charge in [-0.05, 0) is 45.7 Å². The van der Waals surface area contributed by atoms with Crippen LogP contribution in [0.2, 0.25) is 0 Å². The lowest BCUT2D eigenvalue weighted by Gasteiger charge is -2.39. The average molecular weight is 498 g/mol. The fourth-order valence-electron chi connectivity index (χ4n) is 4.32. The van der Waals surface area contributed by atoms with E-state index in [1.807, 2.05) is 0 Å². The van der Waals surface area contributed by atoms with E-state index in [4.69, 9.17) is 4.74 Å². The number of hydrogen-bond acceptors (Lipinski definition) is 8. The molecule has 13 heteroatoms. The Hall–Kier alpha value is -2.77. The zero-order valence-electron chi connectivity index (χ0n) is 19.1. The summed E-state index contributed by atoms with van der Waals surface area (Å²) in [5.74, 6) is -1.03. The van der Waals surface area contributed by atoms with Gasteiger partial charge < -0.3 is 20.3 Å². The van der Waals surface area contributed by atoms with Crippen molar-refractivity contribution in [2.45, 2.75) is 49.9 Å². The van der Waals surface area contributed by atoms with Crippen molar-refractivity contribution in [3.8, 4) is 0 Å². The van der Waals surface area contributed by atoms with Crippen LogP contribution in [0.3, 0.4) is 0 Å². The third kappa shape index (κ3) is 6.42. The minimum atomic E-state index is -4.07. The molecule has 188 valence electrons. The van der Waals surface area contributed by atoms with Crippen molar-refractivity contribution >= 4 is 27.7 Å². The number of piperidine rings is 2. The Balaban J connectivity index is 1.69. The van der Waals surface area contributed by atoms with E-state index in [-0.39, 0.29) is 36.2 Å². The lowest BCUT2D eigenvalue weighted by atomic mass is 9.88. The number of carbonyl (C=O) groups is 2. The van der Waals surface area contributed by atoms with Crippen molar-refractivity contribution in [1.82, 2.24) is 20.3 Å². The van der Waals surface area contributed by atoms with Crippen molar-refractivity contribution < 1.29 is 27.7 Å². The normalized spacial score (nSPS) is 18.8. The molecule has 0 unspecified atom stereocenters. The van der Waals surface area contributed by atoms with Crippen LogP contribution in [0.1, 0.15) is 38.2 Å². The zero-order chi connectivity index (χ0) is 24.8. The fraction of sp³-hybridized carbons (Fsp3) is 0.619. The number of nitro groups is 1. The van der Waals surface area contributed by atoms with Crippen molar-refractivity contribution in [3.63, 3.8) is 0 Å². The number of likely N-dealkylation sites (tertiary alicyclic amines) is 1. The van der Waals surface area contributed by atoms with Crippen molar-refractivity contribution in [3.05, 3.63) is 39.9 Å². The molecule has 0 bridgehead atoms. The number of para-hydroxylation sites is 1. The molecule has 3 N–H and O–H groups in total. The molecule has 2 heterocycles. The Morgan fingerprint density at radius 3 is 2.50 bits per heavy atom. The first-order valence-electron chi connectivity index (χ1n) is 11.3. The minimum absolute atomic E-state index is 0.0517. The van der Waals surface area contributed by atoms with Gasteiger partial charge in [-0.3, -0.25) is 14.9 Å². The number of nitrogens with one attached hydrogen (secondary N) is 3. The number of benzene rings is 1. The highest BCUT2D eigenvalue weighted by atomic mass is 32.2. The van der Waals surface area contributed by atoms with Crippen molar-refractivity contribution in [1.29, 1.82) is 0 Å². The molecule has 3 rings (SSSR count). The quantitative estimate of drug-likeness (QED) is 0.352. The number of hydrogen-bond donors (Lipinski definition) is 3. The Morgan fingerprint density at radius 2 is 1.88 bits per heavy atom. The van der Waals surface area contributed by atoms with Crippen LogP contribution < -0.4 is 15.4 Å². The molecule has 0 atom stereocenters. The SMILES string of the molecule is CCOC(=O)N1CCC(NC(=O)C2(NS(=O)(=O)Cc3ccccc3[N+](=O)[O-])CCNCC2)CC1. The maximum Gasteiger partial charge on any atom is 0.409 e. The van der Waals surface area contributed by atoms with Crippen molar-refractivity contribution in [2.24, 2.45) is 0 Å². The fourth-order valence-corrected chi connectivity index (χ4v) is 5.94. The van der Waals surface area contributed by atoms with Gasteiger partial charge in [-0.1, -0.05) is 18.2 Å². The summed E-state index contributed by atoms with van der Waals surface area (Å²) in [5.41, 5.74) is -1.59. The summed E-state index contributed by atoms with van der Waals surface area (Å²) in [7, 11) is -4.07. The topological polar surface area (TPSA) is 160 Å². The highest BCUT2D eigenvalue weighted by Crippen LogP contribution is 2.25. The summed E-state index contributed by atoms with van der Waals surface area (Å²) in [6.45, 7) is 3.79. The summed E-state index contributed by atoms with van der Waals surface area (Å²) in [6, 6.07) is 5.44. The number of carbonyl (C=O) groups excluding carboxylic acids is 2. The lowest BCUT2D eigenvalue weighted by Crippen LogP contribution is -2.64. The summed E-state index contributed by atoms with van der Waals surface area (Å²) in [5, 5.41) is 17.4. The van der Waals surface area contributed by atoms with Gasteiger partial charge in [0.2, 0.25) is 15.9 Å². The van der Waals surface area contributed by atoms with Gasteiger partial charge in [0.1, 0.15) is 5.54 Å². The van der Waals surface area contributed by atoms with Gasteiger partial charge in [0.15, 0.2) is 0 Å². The molecule has 12 nitrogen and oxygen atoms in total. The van der Waals surface area contributed by atoms with E-state index in [0.29, 0.717) is 45.6 Å². The molecule has 1 aromatic carbocycles. The molecule has 1 aromatic rings. The molecule has 0 aromatic heterocycles. The lowest BCUT2D eigenvalue weighted by molar-refractivity contribution is -0.385. The molecule has 0 saturated carbocycles. The van der Waals surface area contributed by atoms with E-state index in [9.17, 15) is 28.1 Å². The number of amides is 2. The Bertz CT molecular complexity index is 1000. The third-order valence-corrected chi connectivity index (χ3v) is 7.53. The second-order valence-corrected chi connectivity index (χ2v) is 10.2. The molecular formula is C21H31N5O7S. The van der Waals surface area contributed by atoms with E-state index in [1.165, 1.54) is 24.3 Å². The van der Waals surface area contributed by atoms with E-state index < -0.39 is 32.1 Å². The predicted octanol–water partition coefficient (Wildman–Crippen LogP) is 0.874. The van der Waals surface area contributed by atoms with Gasteiger partial charge in [0.25, 0.3) is 5.69 Å². The molecule has 2 fully saturated rings. The highest BCUT2D eigenvalue weighted by molar-refractivity contribution is 7.88. The Kier molecular flexibility index (Phi) is 8.44. The van der Waals surface area contributed by atoms with Crippen LogP contribution in [0.25, 0.3) is 0 Å². The molecule has 0 radical (unpaired) electrons. The van der Waals surface area contributed by atoms with Crippen LogP contribution in [-0.4, -0.2) is 74.6 Å². The summed E-state index contributed by atoms with van der Waals surface area (Å²) in [4.78, 5) is 37.5. The molecule has 34 heavy (non-hydrogen) atoms. The molecule has 2 aliphatic rings. The van der Waals surface area contributed by atoms with Crippen LogP contribution >= 0.6 is 0 Å². The molecule has 0 spiro atoms. The third-order valence-electron chi connectivity index (χ3n) is 6.13. The Labute approximate surface area is 198 Å². The number of sulfonamides is 1. The molecule has 2 saturated heterocycles. The highest BCUT2D eigenvalue weighted by Gasteiger charge is 2.44. The molecule has 2 amide bonds. The van der Waals surface area contributed by atoms with Crippen LogP contribution in [0.4, 0.5) is 10.5 Å². The maximum atomic E-state index is 13.3. The van der Waals surface area contributed by atoms with Crippen LogP contribution in [0, 0.1) is 10.1 Å². The minimum Gasteiger partial charge on any atom is -0.450 e. The smallest absolute Gasteiger partial charge is 0.409 e. The molecular weight excluding hydrogens is 466 g/mol. The average Bonchev–Trinajstić information content (AvgIpc) is 2.80.